The van der Waals surface area contributed by atoms with Crippen LogP contribution in [0.2, 0.25) is 15.1 Å². The van der Waals surface area contributed by atoms with Gasteiger partial charge in [-0.2, -0.15) is 4.98 Å². The van der Waals surface area contributed by atoms with E-state index < -0.39 is 17.7 Å². The van der Waals surface area contributed by atoms with Gasteiger partial charge < -0.3 is 18.6 Å². The van der Waals surface area contributed by atoms with Gasteiger partial charge in [0.05, 0.1) is 21.6 Å². The third-order valence-electron chi connectivity index (χ3n) is 5.73. The number of halogens is 4. The minimum atomic E-state index is -2.02. The van der Waals surface area contributed by atoms with Gasteiger partial charge in [-0.1, -0.05) is 40.0 Å². The summed E-state index contributed by atoms with van der Waals surface area (Å²) in [5.74, 6) is 0.0741. The second kappa shape index (κ2) is 8.65. The van der Waals surface area contributed by atoms with E-state index in [-0.39, 0.29) is 40.5 Å². The standard InChI is InChI=1S/C23H19Cl3FN5O3/c1-11-4-16(26)20-28-17(10-32(20)8-11)21-29-19(30-35-21)13-5-15(25)18(6-14(13)24)34-12-7-23(2,27)22(33)31(3)9-12/h4-6,8,10,12H,7,9H2,1-3H3. The maximum atomic E-state index is 14.6. The monoisotopic (exact) mass is 537 g/mol. The summed E-state index contributed by atoms with van der Waals surface area (Å²) in [5, 5.41) is 5.00. The lowest BCUT2D eigenvalue weighted by molar-refractivity contribution is -0.150. The number of fused-ring (bicyclic) bond motifs is 1. The Hall–Kier alpha value is -2.88. The third kappa shape index (κ3) is 4.44. The Bertz CT molecular complexity index is 1470. The molecule has 1 aliphatic rings. The van der Waals surface area contributed by atoms with E-state index in [1.54, 1.807) is 16.7 Å². The van der Waals surface area contributed by atoms with Crippen LogP contribution >= 0.6 is 34.8 Å². The van der Waals surface area contributed by atoms with E-state index in [2.05, 4.69) is 15.1 Å². The molecule has 12 heteroatoms. The number of likely N-dealkylation sites (N-methyl/N-ethyl adjacent to an activating group) is 1. The zero-order valence-corrected chi connectivity index (χ0v) is 21.1. The first-order valence-corrected chi connectivity index (χ1v) is 11.7. The second-order valence-corrected chi connectivity index (χ2v) is 9.96. The van der Waals surface area contributed by atoms with Gasteiger partial charge >= 0.3 is 0 Å². The topological polar surface area (TPSA) is 85.8 Å². The summed E-state index contributed by atoms with van der Waals surface area (Å²) in [4.78, 5) is 22.1. The number of likely N-dealkylation sites (tertiary alicyclic amines) is 1. The fourth-order valence-corrected chi connectivity index (χ4v) is 4.90. The molecule has 0 N–H and O–H groups in total. The normalized spacial score (nSPS) is 20.6. The summed E-state index contributed by atoms with van der Waals surface area (Å²) in [5.41, 5.74) is 0.389. The molecule has 4 heterocycles. The summed E-state index contributed by atoms with van der Waals surface area (Å²) in [7, 11) is 1.53. The van der Waals surface area contributed by atoms with Crippen molar-refractivity contribution in [2.24, 2.45) is 0 Å². The van der Waals surface area contributed by atoms with Crippen LogP contribution < -0.4 is 4.74 Å². The zero-order valence-electron chi connectivity index (χ0n) is 18.9. The SMILES string of the molecule is Cc1cc(Cl)c2nc(-c3nc(-c4cc(Cl)c(OC5CN(C)C(=O)C(C)(F)C5)cc4Cl)no3)cn2c1. The Morgan fingerprint density at radius 2 is 1.91 bits per heavy atom. The average Bonchev–Trinajstić information content (AvgIpc) is 3.41. The second-order valence-electron chi connectivity index (χ2n) is 8.74. The van der Waals surface area contributed by atoms with Gasteiger partial charge in [0.1, 0.15) is 17.5 Å². The van der Waals surface area contributed by atoms with Crippen LogP contribution in [0.4, 0.5) is 4.39 Å². The van der Waals surface area contributed by atoms with Crippen molar-refractivity contribution >= 4 is 46.4 Å². The van der Waals surface area contributed by atoms with Gasteiger partial charge in [0, 0.05) is 37.5 Å². The molecular formula is C23H19Cl3FN5O3. The number of alkyl halides is 1. The first-order valence-electron chi connectivity index (χ1n) is 10.6. The van der Waals surface area contributed by atoms with Crippen molar-refractivity contribution in [3.63, 3.8) is 0 Å². The highest BCUT2D eigenvalue weighted by molar-refractivity contribution is 6.36. The molecule has 4 aromatic rings. The minimum Gasteiger partial charge on any atom is -0.487 e. The van der Waals surface area contributed by atoms with E-state index in [0.29, 0.717) is 21.9 Å². The number of hydrogen-bond donors (Lipinski definition) is 0. The highest BCUT2D eigenvalue weighted by Gasteiger charge is 2.44. The van der Waals surface area contributed by atoms with Crippen LogP contribution in [0.25, 0.3) is 28.6 Å². The molecule has 2 unspecified atom stereocenters. The van der Waals surface area contributed by atoms with Crippen LogP contribution in [0.5, 0.6) is 5.75 Å². The van der Waals surface area contributed by atoms with Crippen molar-refractivity contribution in [2.45, 2.75) is 32.0 Å². The van der Waals surface area contributed by atoms with Gasteiger partial charge in [-0.15, -0.1) is 0 Å². The van der Waals surface area contributed by atoms with Crippen molar-refractivity contribution in [3.8, 4) is 28.7 Å². The van der Waals surface area contributed by atoms with Crippen LogP contribution in [0.15, 0.2) is 35.1 Å². The maximum absolute atomic E-state index is 14.6. The van der Waals surface area contributed by atoms with Crippen LogP contribution in [-0.2, 0) is 4.79 Å². The summed E-state index contributed by atoms with van der Waals surface area (Å²) < 4.78 is 27.7. The molecule has 35 heavy (non-hydrogen) atoms. The smallest absolute Gasteiger partial charge is 0.278 e. The van der Waals surface area contributed by atoms with Gasteiger partial charge in [-0.25, -0.2) is 9.37 Å². The molecule has 0 saturated carbocycles. The largest absolute Gasteiger partial charge is 0.487 e. The minimum absolute atomic E-state index is 0.0946. The highest BCUT2D eigenvalue weighted by Crippen LogP contribution is 2.38. The summed E-state index contributed by atoms with van der Waals surface area (Å²) >= 11 is 19.2. The number of aryl methyl sites for hydroxylation is 1. The number of nitrogens with zero attached hydrogens (tertiary/aromatic N) is 5. The van der Waals surface area contributed by atoms with E-state index >= 15 is 0 Å². The molecule has 8 nitrogen and oxygen atoms in total. The van der Waals surface area contributed by atoms with Crippen LogP contribution in [0, 0.1) is 6.92 Å². The summed E-state index contributed by atoms with van der Waals surface area (Å²) in [6, 6.07) is 4.87. The van der Waals surface area contributed by atoms with E-state index in [0.717, 1.165) is 5.56 Å². The molecule has 1 amide bonds. The van der Waals surface area contributed by atoms with Crippen molar-refractivity contribution in [3.05, 3.63) is 51.2 Å². The molecule has 0 aliphatic carbocycles. The van der Waals surface area contributed by atoms with Crippen molar-refractivity contribution in [2.75, 3.05) is 13.6 Å². The number of carbonyl (C=O) groups excluding carboxylic acids is 1. The first kappa shape index (κ1) is 23.8. The van der Waals surface area contributed by atoms with Crippen LogP contribution in [0.1, 0.15) is 18.9 Å². The molecule has 0 spiro atoms. The predicted molar refractivity (Wildman–Crippen MR) is 130 cm³/mol. The number of imidazole rings is 1. The molecule has 2 atom stereocenters. The van der Waals surface area contributed by atoms with Crippen molar-refractivity contribution in [1.82, 2.24) is 24.4 Å². The van der Waals surface area contributed by atoms with Crippen molar-refractivity contribution in [1.29, 1.82) is 0 Å². The molecule has 5 rings (SSSR count). The number of ether oxygens (including phenoxy) is 1. The number of piperidine rings is 1. The Morgan fingerprint density at radius 1 is 1.14 bits per heavy atom. The Labute approximate surface area is 214 Å². The molecular weight excluding hydrogens is 520 g/mol. The highest BCUT2D eigenvalue weighted by atomic mass is 35.5. The van der Waals surface area contributed by atoms with Crippen molar-refractivity contribution < 1.29 is 18.4 Å². The molecule has 1 aliphatic heterocycles. The lowest BCUT2D eigenvalue weighted by atomic mass is 9.94. The number of aromatic nitrogens is 4. The molecule has 182 valence electrons. The van der Waals surface area contributed by atoms with E-state index in [9.17, 15) is 9.18 Å². The number of hydrogen-bond acceptors (Lipinski definition) is 6. The quantitative estimate of drug-likeness (QED) is 0.333. The van der Waals surface area contributed by atoms with Gasteiger partial charge in [-0.3, -0.25) is 4.79 Å². The number of benzene rings is 1. The van der Waals surface area contributed by atoms with Gasteiger partial charge in [0.25, 0.3) is 11.8 Å². The lowest BCUT2D eigenvalue weighted by Crippen LogP contribution is -2.54. The molecule has 0 bridgehead atoms. The third-order valence-corrected chi connectivity index (χ3v) is 6.61. The Balaban J connectivity index is 1.41. The van der Waals surface area contributed by atoms with Gasteiger partial charge in [0.15, 0.2) is 11.3 Å². The summed E-state index contributed by atoms with van der Waals surface area (Å²) in [6.07, 6.45) is 2.94. The molecule has 1 saturated heterocycles. The fraction of sp³-hybridized carbons (Fsp3) is 0.304. The first-order chi connectivity index (χ1) is 16.5. The number of amides is 1. The predicted octanol–water partition coefficient (Wildman–Crippen LogP) is 5.66. The summed E-state index contributed by atoms with van der Waals surface area (Å²) in [6.45, 7) is 3.40. The van der Waals surface area contributed by atoms with Crippen LogP contribution in [-0.4, -0.2) is 55.7 Å². The maximum Gasteiger partial charge on any atom is 0.278 e. The molecule has 3 aromatic heterocycles. The van der Waals surface area contributed by atoms with E-state index in [1.807, 2.05) is 19.2 Å². The van der Waals surface area contributed by atoms with Crippen LogP contribution in [0.3, 0.4) is 0 Å². The zero-order chi connectivity index (χ0) is 25.1. The van der Waals surface area contributed by atoms with Gasteiger partial charge in [0.2, 0.25) is 5.82 Å². The number of carbonyl (C=O) groups is 1. The van der Waals surface area contributed by atoms with E-state index in [1.165, 1.54) is 24.9 Å². The number of pyridine rings is 1. The molecule has 1 aromatic carbocycles. The Kier molecular flexibility index (Phi) is 5.89. The molecule has 1 fully saturated rings. The molecule has 0 radical (unpaired) electrons. The number of rotatable bonds is 4. The fourth-order valence-electron chi connectivity index (χ4n) is 4.14. The lowest BCUT2D eigenvalue weighted by Gasteiger charge is -2.37. The van der Waals surface area contributed by atoms with E-state index in [4.69, 9.17) is 44.1 Å². The Morgan fingerprint density at radius 3 is 2.66 bits per heavy atom. The van der Waals surface area contributed by atoms with Gasteiger partial charge in [-0.05, 0) is 31.5 Å². The average molecular weight is 539 g/mol.